The Morgan fingerprint density at radius 2 is 1.71 bits per heavy atom. The summed E-state index contributed by atoms with van der Waals surface area (Å²) in [6.07, 6.45) is -0.739. The number of benzene rings is 1. The van der Waals surface area contributed by atoms with Crippen molar-refractivity contribution in [1.82, 2.24) is 40.3 Å². The van der Waals surface area contributed by atoms with E-state index in [1.54, 1.807) is 4.90 Å². The summed E-state index contributed by atoms with van der Waals surface area (Å²) in [6.45, 7) is 3.31. The van der Waals surface area contributed by atoms with E-state index in [1.165, 1.54) is 42.7 Å². The second kappa shape index (κ2) is 13.9. The average Bonchev–Trinajstić information content (AvgIpc) is 3.73. The molecular formula is C31H30Cl2F3N9O3. The van der Waals surface area contributed by atoms with Gasteiger partial charge in [0.05, 0.1) is 16.3 Å². The number of nitrogens with one attached hydrogen (secondary N) is 4. The number of hydrogen-bond donors (Lipinski definition) is 4. The molecule has 1 aromatic carbocycles. The highest BCUT2D eigenvalue weighted by molar-refractivity contribution is 6.34. The zero-order valence-corrected chi connectivity index (χ0v) is 26.8. The smallest absolute Gasteiger partial charge is 0.339 e. The second-order valence-corrected chi connectivity index (χ2v) is 12.3. The molecule has 5 heterocycles. The zero-order valence-electron chi connectivity index (χ0n) is 25.3. The summed E-state index contributed by atoms with van der Waals surface area (Å²) in [4.78, 5) is 53.2. The number of imidazole rings is 1. The van der Waals surface area contributed by atoms with Gasteiger partial charge in [-0.15, -0.1) is 0 Å². The van der Waals surface area contributed by atoms with Crippen molar-refractivity contribution in [2.24, 2.45) is 5.92 Å². The first-order chi connectivity index (χ1) is 23.0. The van der Waals surface area contributed by atoms with Crippen molar-refractivity contribution in [2.75, 3.05) is 44.6 Å². The zero-order chi connectivity index (χ0) is 34.0. The van der Waals surface area contributed by atoms with Crippen molar-refractivity contribution < 1.29 is 27.6 Å². The molecule has 0 unspecified atom stereocenters. The second-order valence-electron chi connectivity index (χ2n) is 11.5. The number of nitrogens with zero attached hydrogens (tertiary/aromatic N) is 5. The number of carbonyl (C=O) groups is 3. The summed E-state index contributed by atoms with van der Waals surface area (Å²) in [5.74, 6) is -0.951. The lowest BCUT2D eigenvalue weighted by Crippen LogP contribution is -2.52. The Morgan fingerprint density at radius 1 is 0.979 bits per heavy atom. The number of aromatic nitrogens is 5. The van der Waals surface area contributed by atoms with E-state index in [4.69, 9.17) is 23.2 Å². The first-order valence-corrected chi connectivity index (χ1v) is 15.9. The minimum absolute atomic E-state index is 0.0164. The molecule has 0 saturated carbocycles. The maximum atomic E-state index is 13.8. The molecule has 2 saturated heterocycles. The highest BCUT2D eigenvalue weighted by atomic mass is 35.5. The van der Waals surface area contributed by atoms with Crippen molar-refractivity contribution in [3.05, 3.63) is 81.2 Å². The van der Waals surface area contributed by atoms with E-state index in [-0.39, 0.29) is 68.4 Å². The highest BCUT2D eigenvalue weighted by Crippen LogP contribution is 2.36. The molecule has 4 N–H and O–H groups in total. The third-order valence-electron chi connectivity index (χ3n) is 8.39. The van der Waals surface area contributed by atoms with Crippen molar-refractivity contribution in [3.8, 4) is 11.3 Å². The SMILES string of the molecule is O=C(Nc1ccc(C(=O)N2CCN(C(=O)C3CCNCC3)CC2)c(Cl)c1)c1ncc(Cc2c(-c3ccnc(Cl)c3)n[nH]c2C(F)(F)F)[nH]1. The largest absolute Gasteiger partial charge is 0.433 e. The van der Waals surface area contributed by atoms with Crippen LogP contribution in [0.5, 0.6) is 0 Å². The van der Waals surface area contributed by atoms with Gasteiger partial charge in [0, 0.05) is 73.4 Å². The number of aromatic amines is 2. The number of alkyl halides is 3. The lowest BCUT2D eigenvalue weighted by Gasteiger charge is -2.37. The predicted octanol–water partition coefficient (Wildman–Crippen LogP) is 4.65. The molecule has 12 nitrogen and oxygen atoms in total. The summed E-state index contributed by atoms with van der Waals surface area (Å²) in [5.41, 5.74) is -0.0833. The first kappa shape index (κ1) is 33.4. The van der Waals surface area contributed by atoms with Crippen molar-refractivity contribution in [3.63, 3.8) is 0 Å². The van der Waals surface area contributed by atoms with Crippen molar-refractivity contribution in [2.45, 2.75) is 25.4 Å². The number of H-pyrrole nitrogens is 2. The number of anilines is 1. The molecule has 0 atom stereocenters. The Kier molecular flexibility index (Phi) is 9.71. The fourth-order valence-corrected chi connectivity index (χ4v) is 6.33. The Morgan fingerprint density at radius 3 is 2.40 bits per heavy atom. The number of carbonyl (C=O) groups excluding carboxylic acids is 3. The number of rotatable bonds is 7. The van der Waals surface area contributed by atoms with Crippen LogP contribution in [-0.2, 0) is 17.4 Å². The minimum atomic E-state index is -4.72. The van der Waals surface area contributed by atoms with Gasteiger partial charge in [0.2, 0.25) is 5.91 Å². The summed E-state index contributed by atoms with van der Waals surface area (Å²) in [5, 5.41) is 12.0. The quantitative estimate of drug-likeness (QED) is 0.205. The van der Waals surface area contributed by atoms with E-state index < -0.39 is 17.8 Å². The molecule has 0 spiro atoms. The lowest BCUT2D eigenvalue weighted by molar-refractivity contribution is -0.141. The molecule has 48 heavy (non-hydrogen) atoms. The molecular weight excluding hydrogens is 674 g/mol. The monoisotopic (exact) mass is 703 g/mol. The Hall–Kier alpha value is -4.47. The molecule has 17 heteroatoms. The Bertz CT molecular complexity index is 1830. The van der Waals surface area contributed by atoms with Gasteiger partial charge in [-0.05, 0) is 56.3 Å². The van der Waals surface area contributed by atoms with E-state index in [2.05, 4.69) is 35.8 Å². The van der Waals surface area contributed by atoms with Gasteiger partial charge in [-0.3, -0.25) is 19.5 Å². The van der Waals surface area contributed by atoms with Gasteiger partial charge in [-0.1, -0.05) is 23.2 Å². The predicted molar refractivity (Wildman–Crippen MR) is 171 cm³/mol. The van der Waals surface area contributed by atoms with Crippen LogP contribution in [0.4, 0.5) is 18.9 Å². The van der Waals surface area contributed by atoms with Crippen LogP contribution >= 0.6 is 23.2 Å². The first-order valence-electron chi connectivity index (χ1n) is 15.2. The Labute approximate surface area is 282 Å². The van der Waals surface area contributed by atoms with Gasteiger partial charge in [0.15, 0.2) is 5.82 Å². The fourth-order valence-electron chi connectivity index (χ4n) is 5.90. The third-order valence-corrected chi connectivity index (χ3v) is 8.91. The number of piperazine rings is 1. The molecule has 0 radical (unpaired) electrons. The minimum Gasteiger partial charge on any atom is -0.339 e. The number of hydrogen-bond acceptors (Lipinski definition) is 7. The van der Waals surface area contributed by atoms with Crippen LogP contribution in [0.15, 0.2) is 42.7 Å². The molecule has 3 amide bonds. The van der Waals surface area contributed by atoms with Gasteiger partial charge >= 0.3 is 6.18 Å². The molecule has 2 aliphatic heterocycles. The average molecular weight is 705 g/mol. The van der Waals surface area contributed by atoms with E-state index >= 15 is 0 Å². The van der Waals surface area contributed by atoms with E-state index in [9.17, 15) is 27.6 Å². The molecule has 6 rings (SSSR count). The molecule has 0 bridgehead atoms. The number of halogens is 5. The lowest BCUT2D eigenvalue weighted by atomic mass is 9.96. The number of pyridine rings is 1. The van der Waals surface area contributed by atoms with Crippen LogP contribution in [0, 0.1) is 5.92 Å². The van der Waals surface area contributed by atoms with Crippen LogP contribution < -0.4 is 10.6 Å². The molecule has 252 valence electrons. The van der Waals surface area contributed by atoms with Crippen LogP contribution in [0.1, 0.15) is 50.8 Å². The van der Waals surface area contributed by atoms with Crippen molar-refractivity contribution in [1.29, 1.82) is 0 Å². The Balaban J connectivity index is 1.09. The molecule has 3 aromatic heterocycles. The number of piperidine rings is 1. The number of amides is 3. The van der Waals surface area contributed by atoms with Gasteiger partial charge in [0.25, 0.3) is 11.8 Å². The van der Waals surface area contributed by atoms with E-state index in [1.807, 2.05) is 4.90 Å². The van der Waals surface area contributed by atoms with Crippen LogP contribution in [0.2, 0.25) is 10.2 Å². The van der Waals surface area contributed by atoms with Crippen molar-refractivity contribution >= 4 is 46.6 Å². The third kappa shape index (κ3) is 7.32. The van der Waals surface area contributed by atoms with Crippen LogP contribution in [-0.4, -0.2) is 91.9 Å². The van der Waals surface area contributed by atoms with Gasteiger partial charge in [0.1, 0.15) is 10.8 Å². The van der Waals surface area contributed by atoms with Gasteiger partial charge in [-0.25, -0.2) is 9.97 Å². The fraction of sp³-hybridized carbons (Fsp3) is 0.355. The standard InChI is InChI=1S/C31H30Cl2F3N9O3/c32-23-15-19(1-2-21(23)30(48)45-11-9-44(10-12-45)29(47)17-3-6-37-7-4-17)41-28(46)27-39-16-20(40-27)14-22-25(18-5-8-38-24(33)13-18)42-43-26(22)31(34,35)36/h1-2,5,8,13,15-17,37H,3-4,6-7,9-12,14H2,(H,39,40)(H,41,46)(H,42,43). The van der Waals surface area contributed by atoms with E-state index in [0.29, 0.717) is 31.7 Å². The van der Waals surface area contributed by atoms with E-state index in [0.717, 1.165) is 25.9 Å². The summed E-state index contributed by atoms with van der Waals surface area (Å²) in [6, 6.07) is 7.34. The highest BCUT2D eigenvalue weighted by Gasteiger charge is 2.38. The maximum absolute atomic E-state index is 13.8. The normalized spacial score (nSPS) is 15.9. The summed E-state index contributed by atoms with van der Waals surface area (Å²) >= 11 is 12.4. The molecule has 4 aromatic rings. The maximum Gasteiger partial charge on any atom is 0.433 e. The summed E-state index contributed by atoms with van der Waals surface area (Å²) in [7, 11) is 0. The topological polar surface area (TPSA) is 152 Å². The molecule has 2 fully saturated rings. The molecule has 2 aliphatic rings. The molecule has 0 aliphatic carbocycles. The van der Waals surface area contributed by atoms with Crippen LogP contribution in [0.25, 0.3) is 11.3 Å². The summed E-state index contributed by atoms with van der Waals surface area (Å²) < 4.78 is 41.4. The van der Waals surface area contributed by atoms with Gasteiger partial charge in [-0.2, -0.15) is 18.3 Å². The van der Waals surface area contributed by atoms with Crippen LogP contribution in [0.3, 0.4) is 0 Å². The van der Waals surface area contributed by atoms with Gasteiger partial charge < -0.3 is 25.4 Å².